The number of anilines is 1. The molecule has 136 valence electrons. The third-order valence-corrected chi connectivity index (χ3v) is 5.95. The lowest BCUT2D eigenvalue weighted by Crippen LogP contribution is -2.08. The summed E-state index contributed by atoms with van der Waals surface area (Å²) in [5.41, 5.74) is 10.2. The molecule has 0 amide bonds. The maximum absolute atomic E-state index is 12.5. The van der Waals surface area contributed by atoms with Crippen LogP contribution in [-0.2, 0) is 17.6 Å². The van der Waals surface area contributed by atoms with Crippen LogP contribution < -0.4 is 5.73 Å². The maximum atomic E-state index is 12.5. The van der Waals surface area contributed by atoms with Crippen LogP contribution in [0.2, 0.25) is 0 Å². The van der Waals surface area contributed by atoms with E-state index in [1.165, 1.54) is 22.5 Å². The van der Waals surface area contributed by atoms with Gasteiger partial charge >= 0.3 is 5.97 Å². The number of hydrogen-bond acceptors (Lipinski definition) is 6. The van der Waals surface area contributed by atoms with Crippen molar-refractivity contribution in [3.8, 4) is 11.5 Å². The predicted octanol–water partition coefficient (Wildman–Crippen LogP) is 4.97. The second kappa shape index (κ2) is 7.11. The highest BCUT2D eigenvalue weighted by Crippen LogP contribution is 2.42. The zero-order valence-electron chi connectivity index (χ0n) is 14.8. The smallest absolute Gasteiger partial charge is 0.350 e. The standard InChI is InChI=1S/C20H22N2O3S/c1-2-3-10-25-20(23)18-16(21)15-12-7-4-5-8-13(12)17(22-19(15)26-18)14-9-6-11-24-14/h6,9,11H,2-5,7-8,10,21H2,1H3. The number of aromatic nitrogens is 1. The number of carbonyl (C=O) groups is 1. The lowest BCUT2D eigenvalue weighted by atomic mass is 9.88. The molecule has 0 fully saturated rings. The van der Waals surface area contributed by atoms with E-state index in [2.05, 4.69) is 6.92 Å². The Bertz CT molecular complexity index is 944. The van der Waals surface area contributed by atoms with E-state index in [0.29, 0.717) is 17.2 Å². The zero-order chi connectivity index (χ0) is 18.1. The largest absolute Gasteiger partial charge is 0.463 e. The Morgan fingerprint density at radius 1 is 1.35 bits per heavy atom. The molecule has 3 heterocycles. The molecule has 0 saturated heterocycles. The van der Waals surface area contributed by atoms with E-state index in [-0.39, 0.29) is 5.97 Å². The van der Waals surface area contributed by atoms with Gasteiger partial charge in [-0.1, -0.05) is 13.3 Å². The number of nitrogens with two attached hydrogens (primary N) is 1. The van der Waals surface area contributed by atoms with Gasteiger partial charge in [0.15, 0.2) is 5.76 Å². The van der Waals surface area contributed by atoms with Crippen LogP contribution in [0, 0.1) is 0 Å². The number of rotatable bonds is 5. The highest BCUT2D eigenvalue weighted by atomic mass is 32.1. The van der Waals surface area contributed by atoms with E-state index in [0.717, 1.165) is 60.2 Å². The molecule has 5 nitrogen and oxygen atoms in total. The average Bonchev–Trinajstić information content (AvgIpc) is 3.29. The van der Waals surface area contributed by atoms with Gasteiger partial charge in [0, 0.05) is 5.39 Å². The molecule has 0 atom stereocenters. The molecule has 26 heavy (non-hydrogen) atoms. The first-order valence-corrected chi connectivity index (χ1v) is 9.97. The number of thiophene rings is 1. The summed E-state index contributed by atoms with van der Waals surface area (Å²) in [5.74, 6) is 0.423. The van der Waals surface area contributed by atoms with Crippen molar-refractivity contribution in [3.63, 3.8) is 0 Å². The van der Waals surface area contributed by atoms with Crippen molar-refractivity contribution in [3.05, 3.63) is 34.4 Å². The highest BCUT2D eigenvalue weighted by molar-refractivity contribution is 7.21. The number of furan rings is 1. The molecular formula is C20H22N2O3S. The Labute approximate surface area is 156 Å². The predicted molar refractivity (Wildman–Crippen MR) is 104 cm³/mol. The second-order valence-corrected chi connectivity index (χ2v) is 7.62. The molecule has 3 aromatic rings. The fourth-order valence-corrected chi connectivity index (χ4v) is 4.58. The molecule has 0 bridgehead atoms. The van der Waals surface area contributed by atoms with Gasteiger partial charge in [-0.15, -0.1) is 11.3 Å². The fraction of sp³-hybridized carbons (Fsp3) is 0.400. The van der Waals surface area contributed by atoms with Crippen LogP contribution >= 0.6 is 11.3 Å². The van der Waals surface area contributed by atoms with Gasteiger partial charge in [-0.3, -0.25) is 0 Å². The molecule has 0 saturated carbocycles. The first kappa shape index (κ1) is 17.1. The van der Waals surface area contributed by atoms with Crippen LogP contribution in [0.3, 0.4) is 0 Å². The molecule has 1 aliphatic rings. The SMILES string of the molecule is CCCCOC(=O)c1sc2nc(-c3ccco3)c3c(c2c1N)CCCC3. The number of fused-ring (bicyclic) bond motifs is 3. The minimum Gasteiger partial charge on any atom is -0.463 e. The van der Waals surface area contributed by atoms with Crippen LogP contribution in [0.4, 0.5) is 5.69 Å². The van der Waals surface area contributed by atoms with Crippen molar-refractivity contribution >= 4 is 33.2 Å². The number of aryl methyl sites for hydroxylation is 1. The number of carbonyl (C=O) groups excluding carboxylic acids is 1. The lowest BCUT2D eigenvalue weighted by molar-refractivity contribution is 0.0506. The molecule has 1 aliphatic carbocycles. The Morgan fingerprint density at radius 2 is 2.15 bits per heavy atom. The van der Waals surface area contributed by atoms with Crippen LogP contribution in [0.5, 0.6) is 0 Å². The average molecular weight is 370 g/mol. The van der Waals surface area contributed by atoms with Gasteiger partial charge in [0.25, 0.3) is 0 Å². The minimum absolute atomic E-state index is 0.344. The summed E-state index contributed by atoms with van der Waals surface area (Å²) in [6.45, 7) is 2.49. The highest BCUT2D eigenvalue weighted by Gasteiger charge is 2.26. The van der Waals surface area contributed by atoms with Crippen molar-refractivity contribution in [2.24, 2.45) is 0 Å². The summed E-state index contributed by atoms with van der Waals surface area (Å²) >= 11 is 1.32. The molecule has 4 rings (SSSR count). The molecule has 0 aliphatic heterocycles. The Hall–Kier alpha value is -2.34. The Balaban J connectivity index is 1.84. The number of pyridine rings is 1. The number of esters is 1. The monoisotopic (exact) mass is 370 g/mol. The third-order valence-electron chi connectivity index (χ3n) is 4.87. The maximum Gasteiger partial charge on any atom is 0.350 e. The number of hydrogen-bond donors (Lipinski definition) is 1. The van der Waals surface area contributed by atoms with Gasteiger partial charge in [-0.2, -0.15) is 0 Å². The molecule has 6 heteroatoms. The molecule has 0 aromatic carbocycles. The summed E-state index contributed by atoms with van der Waals surface area (Å²) in [5, 5.41) is 0.933. The number of nitrogen functional groups attached to an aromatic ring is 1. The number of ether oxygens (including phenoxy) is 1. The second-order valence-electron chi connectivity index (χ2n) is 6.62. The topological polar surface area (TPSA) is 78.3 Å². The van der Waals surface area contributed by atoms with Crippen LogP contribution in [-0.4, -0.2) is 17.6 Å². The van der Waals surface area contributed by atoms with Crippen molar-refractivity contribution < 1.29 is 13.9 Å². The van der Waals surface area contributed by atoms with Crippen LogP contribution in [0.15, 0.2) is 22.8 Å². The van der Waals surface area contributed by atoms with Gasteiger partial charge in [-0.25, -0.2) is 9.78 Å². The van der Waals surface area contributed by atoms with Gasteiger partial charge in [0.2, 0.25) is 0 Å². The number of nitrogens with zero attached hydrogens (tertiary/aromatic N) is 1. The Morgan fingerprint density at radius 3 is 2.88 bits per heavy atom. The van der Waals surface area contributed by atoms with Crippen molar-refractivity contribution in [1.29, 1.82) is 0 Å². The quantitative estimate of drug-likeness (QED) is 0.506. The molecule has 0 unspecified atom stereocenters. The molecule has 0 spiro atoms. The van der Waals surface area contributed by atoms with Crippen molar-refractivity contribution in [1.82, 2.24) is 4.98 Å². The molecular weight excluding hydrogens is 348 g/mol. The fourth-order valence-electron chi connectivity index (χ4n) is 3.56. The third kappa shape index (κ3) is 2.88. The minimum atomic E-state index is -0.344. The van der Waals surface area contributed by atoms with E-state index in [9.17, 15) is 4.79 Å². The normalized spacial score (nSPS) is 13.7. The van der Waals surface area contributed by atoms with Gasteiger partial charge in [-0.05, 0) is 55.4 Å². The van der Waals surface area contributed by atoms with E-state index in [1.54, 1.807) is 6.26 Å². The van der Waals surface area contributed by atoms with E-state index < -0.39 is 0 Å². The summed E-state index contributed by atoms with van der Waals surface area (Å²) in [4.78, 5) is 18.5. The van der Waals surface area contributed by atoms with Crippen LogP contribution in [0.25, 0.3) is 21.7 Å². The lowest BCUT2D eigenvalue weighted by Gasteiger charge is -2.19. The zero-order valence-corrected chi connectivity index (χ0v) is 15.7. The first-order chi connectivity index (χ1) is 12.7. The molecule has 0 radical (unpaired) electrons. The number of unbranched alkanes of at least 4 members (excludes halogenated alkanes) is 1. The van der Waals surface area contributed by atoms with Crippen LogP contribution in [0.1, 0.15) is 53.4 Å². The van der Waals surface area contributed by atoms with Crippen molar-refractivity contribution in [2.45, 2.75) is 45.4 Å². The van der Waals surface area contributed by atoms with E-state index >= 15 is 0 Å². The van der Waals surface area contributed by atoms with E-state index in [1.807, 2.05) is 12.1 Å². The van der Waals surface area contributed by atoms with Gasteiger partial charge < -0.3 is 14.9 Å². The Kier molecular flexibility index (Phi) is 4.68. The summed E-state index contributed by atoms with van der Waals surface area (Å²) < 4.78 is 11.0. The van der Waals surface area contributed by atoms with Crippen molar-refractivity contribution in [2.75, 3.05) is 12.3 Å². The summed E-state index contributed by atoms with van der Waals surface area (Å²) in [6, 6.07) is 3.80. The first-order valence-electron chi connectivity index (χ1n) is 9.15. The summed E-state index contributed by atoms with van der Waals surface area (Å²) in [7, 11) is 0. The van der Waals surface area contributed by atoms with E-state index in [4.69, 9.17) is 19.9 Å². The van der Waals surface area contributed by atoms with Gasteiger partial charge in [0.05, 0.1) is 18.6 Å². The summed E-state index contributed by atoms with van der Waals surface area (Å²) in [6.07, 6.45) is 7.66. The molecule has 3 aromatic heterocycles. The van der Waals surface area contributed by atoms with Gasteiger partial charge in [0.1, 0.15) is 15.4 Å². The molecule has 2 N–H and O–H groups in total.